The Hall–Kier alpha value is -3.54. The normalized spacial score (nSPS) is 18.0. The van der Waals surface area contributed by atoms with Gasteiger partial charge in [0.2, 0.25) is 0 Å². The molecule has 1 N–H and O–H groups in total. The van der Waals surface area contributed by atoms with Gasteiger partial charge < -0.3 is 19.5 Å². The van der Waals surface area contributed by atoms with E-state index in [-0.39, 0.29) is 17.9 Å². The van der Waals surface area contributed by atoms with Gasteiger partial charge in [0.15, 0.2) is 0 Å². The van der Waals surface area contributed by atoms with Gasteiger partial charge in [0.1, 0.15) is 17.3 Å². The molecule has 0 radical (unpaired) electrons. The zero-order valence-electron chi connectivity index (χ0n) is 16.6. The van der Waals surface area contributed by atoms with Crippen LogP contribution in [0.2, 0.25) is 0 Å². The number of carbonyl (C=O) groups is 2. The van der Waals surface area contributed by atoms with Crippen molar-refractivity contribution < 1.29 is 24.2 Å². The second-order valence-electron chi connectivity index (χ2n) is 6.71. The summed E-state index contributed by atoms with van der Waals surface area (Å²) in [5.41, 5.74) is 2.07. The van der Waals surface area contributed by atoms with Gasteiger partial charge in [0, 0.05) is 23.7 Å². The van der Waals surface area contributed by atoms with Crippen molar-refractivity contribution in [3.63, 3.8) is 0 Å². The summed E-state index contributed by atoms with van der Waals surface area (Å²) in [6.45, 7) is 5.76. The van der Waals surface area contributed by atoms with Crippen LogP contribution in [0.15, 0.2) is 60.7 Å². The summed E-state index contributed by atoms with van der Waals surface area (Å²) in [6.07, 6.45) is 1.54. The molecule has 0 spiro atoms. The van der Waals surface area contributed by atoms with Gasteiger partial charge in [-0.15, -0.1) is 6.58 Å². The summed E-state index contributed by atoms with van der Waals surface area (Å²) >= 11 is 0. The second kappa shape index (κ2) is 8.22. The topological polar surface area (TPSA) is 76.1 Å². The molecule has 1 amide bonds. The first-order chi connectivity index (χ1) is 13.9. The number of ether oxygens (including phenoxy) is 2. The van der Waals surface area contributed by atoms with Gasteiger partial charge in [-0.25, -0.2) is 0 Å². The van der Waals surface area contributed by atoms with Gasteiger partial charge in [0.25, 0.3) is 11.7 Å². The van der Waals surface area contributed by atoms with E-state index in [4.69, 9.17) is 9.47 Å². The Bertz CT molecular complexity index is 991. The van der Waals surface area contributed by atoms with E-state index in [9.17, 15) is 14.7 Å². The molecule has 0 bridgehead atoms. The van der Waals surface area contributed by atoms with E-state index in [0.29, 0.717) is 22.6 Å². The molecule has 150 valence electrons. The molecule has 0 saturated carbocycles. The number of benzene rings is 2. The molecule has 1 unspecified atom stereocenters. The lowest BCUT2D eigenvalue weighted by Crippen LogP contribution is -2.29. The highest BCUT2D eigenvalue weighted by Crippen LogP contribution is 2.43. The average molecular weight is 393 g/mol. The highest BCUT2D eigenvalue weighted by atomic mass is 16.5. The first-order valence-electron chi connectivity index (χ1n) is 9.11. The Labute approximate surface area is 169 Å². The van der Waals surface area contributed by atoms with E-state index < -0.39 is 17.7 Å². The van der Waals surface area contributed by atoms with Crippen molar-refractivity contribution in [2.24, 2.45) is 0 Å². The number of aryl methyl sites for hydroxylation is 1. The fourth-order valence-electron chi connectivity index (χ4n) is 3.44. The van der Waals surface area contributed by atoms with Gasteiger partial charge in [-0.05, 0) is 19.1 Å². The van der Waals surface area contributed by atoms with Crippen LogP contribution in [0.5, 0.6) is 11.5 Å². The van der Waals surface area contributed by atoms with E-state index in [1.165, 1.54) is 19.1 Å². The van der Waals surface area contributed by atoms with Crippen LogP contribution in [0.4, 0.5) is 0 Å². The van der Waals surface area contributed by atoms with Crippen molar-refractivity contribution in [3.05, 3.63) is 77.4 Å². The molecule has 1 atom stereocenters. The molecule has 1 heterocycles. The Balaban J connectivity index is 2.24. The standard InChI is InChI=1S/C23H23NO5/c1-5-12-24-20(17-11-10-16(28-3)13-18(17)29-4)19(22(26)23(24)27)21(25)15-8-6-14(2)7-9-15/h5-11,13,20,25H,1,12H2,2-4H3. The fourth-order valence-corrected chi connectivity index (χ4v) is 3.44. The molecular formula is C23H23NO5. The lowest BCUT2D eigenvalue weighted by atomic mass is 9.94. The van der Waals surface area contributed by atoms with Crippen LogP contribution in [0.25, 0.3) is 5.76 Å². The molecule has 6 nitrogen and oxygen atoms in total. The minimum absolute atomic E-state index is 0.0177. The number of rotatable bonds is 6. The lowest BCUT2D eigenvalue weighted by molar-refractivity contribution is -0.139. The summed E-state index contributed by atoms with van der Waals surface area (Å²) in [4.78, 5) is 27.0. The molecule has 0 aliphatic carbocycles. The van der Waals surface area contributed by atoms with Gasteiger partial charge >= 0.3 is 0 Å². The van der Waals surface area contributed by atoms with Crippen LogP contribution in [-0.2, 0) is 9.59 Å². The number of aliphatic hydroxyl groups excluding tert-OH is 1. The third-order valence-electron chi connectivity index (χ3n) is 4.93. The van der Waals surface area contributed by atoms with E-state index in [1.54, 1.807) is 36.4 Å². The molecule has 1 fully saturated rings. The van der Waals surface area contributed by atoms with Gasteiger partial charge in [0.05, 0.1) is 25.8 Å². The number of ketones is 1. The maximum absolute atomic E-state index is 12.9. The van der Waals surface area contributed by atoms with Crippen molar-refractivity contribution in [3.8, 4) is 11.5 Å². The SMILES string of the molecule is C=CCN1C(=O)C(=O)C(=C(O)c2ccc(C)cc2)C1c1ccc(OC)cc1OC. The quantitative estimate of drug-likeness (QED) is 0.351. The summed E-state index contributed by atoms with van der Waals surface area (Å²) < 4.78 is 10.7. The highest BCUT2D eigenvalue weighted by Gasteiger charge is 2.46. The molecule has 1 aliphatic rings. The zero-order chi connectivity index (χ0) is 21.1. The van der Waals surface area contributed by atoms with Crippen molar-refractivity contribution >= 4 is 17.4 Å². The van der Waals surface area contributed by atoms with E-state index in [1.807, 2.05) is 19.1 Å². The number of aliphatic hydroxyl groups is 1. The Kier molecular flexibility index (Phi) is 5.73. The number of hydrogen-bond donors (Lipinski definition) is 1. The number of nitrogens with zero attached hydrogens (tertiary/aromatic N) is 1. The maximum atomic E-state index is 12.9. The summed E-state index contributed by atoms with van der Waals surface area (Å²) in [5.74, 6) is -0.642. The van der Waals surface area contributed by atoms with E-state index >= 15 is 0 Å². The Morgan fingerprint density at radius 1 is 1.14 bits per heavy atom. The molecule has 3 rings (SSSR count). The number of likely N-dealkylation sites (tertiary alicyclic amines) is 1. The van der Waals surface area contributed by atoms with Crippen LogP contribution in [0.3, 0.4) is 0 Å². The monoisotopic (exact) mass is 393 g/mol. The molecule has 2 aromatic carbocycles. The van der Waals surface area contributed by atoms with Crippen molar-refractivity contribution in [1.82, 2.24) is 4.90 Å². The molecule has 1 aliphatic heterocycles. The van der Waals surface area contributed by atoms with Crippen LogP contribution in [0.1, 0.15) is 22.7 Å². The van der Waals surface area contributed by atoms with E-state index in [0.717, 1.165) is 5.56 Å². The minimum atomic E-state index is -0.810. The van der Waals surface area contributed by atoms with Crippen molar-refractivity contribution in [2.45, 2.75) is 13.0 Å². The summed E-state index contributed by atoms with van der Waals surface area (Å²) in [5, 5.41) is 11.0. The molecule has 29 heavy (non-hydrogen) atoms. The first kappa shape index (κ1) is 20.2. The fraction of sp³-hybridized carbons (Fsp3) is 0.217. The second-order valence-corrected chi connectivity index (χ2v) is 6.71. The number of Topliss-reactive ketones (excluding diaryl/α,β-unsaturated/α-hetero) is 1. The number of amides is 1. The van der Waals surface area contributed by atoms with Crippen LogP contribution in [-0.4, -0.2) is 42.5 Å². The third kappa shape index (κ3) is 3.61. The average Bonchev–Trinajstić information content (AvgIpc) is 2.98. The summed E-state index contributed by atoms with van der Waals surface area (Å²) in [6, 6.07) is 11.4. The van der Waals surface area contributed by atoms with Crippen molar-refractivity contribution in [1.29, 1.82) is 0 Å². The van der Waals surface area contributed by atoms with Crippen LogP contribution < -0.4 is 9.47 Å². The molecule has 6 heteroatoms. The molecule has 0 aromatic heterocycles. The highest BCUT2D eigenvalue weighted by molar-refractivity contribution is 6.46. The lowest BCUT2D eigenvalue weighted by Gasteiger charge is -2.25. The van der Waals surface area contributed by atoms with Gasteiger partial charge in [-0.1, -0.05) is 35.9 Å². The smallest absolute Gasteiger partial charge is 0.295 e. The number of hydrogen-bond acceptors (Lipinski definition) is 5. The van der Waals surface area contributed by atoms with Crippen molar-refractivity contribution in [2.75, 3.05) is 20.8 Å². The predicted octanol–water partition coefficient (Wildman–Crippen LogP) is 3.62. The Morgan fingerprint density at radius 3 is 2.41 bits per heavy atom. The molecule has 2 aromatic rings. The van der Waals surface area contributed by atoms with Gasteiger partial charge in [-0.2, -0.15) is 0 Å². The molecular weight excluding hydrogens is 370 g/mol. The predicted molar refractivity (Wildman–Crippen MR) is 110 cm³/mol. The van der Waals surface area contributed by atoms with Gasteiger partial charge in [-0.3, -0.25) is 9.59 Å². The number of carbonyl (C=O) groups excluding carboxylic acids is 2. The third-order valence-corrected chi connectivity index (χ3v) is 4.93. The van der Waals surface area contributed by atoms with Crippen LogP contribution in [0, 0.1) is 6.92 Å². The largest absolute Gasteiger partial charge is 0.507 e. The summed E-state index contributed by atoms with van der Waals surface area (Å²) in [7, 11) is 3.04. The molecule has 1 saturated heterocycles. The number of methoxy groups -OCH3 is 2. The minimum Gasteiger partial charge on any atom is -0.507 e. The van der Waals surface area contributed by atoms with Crippen LogP contribution >= 0.6 is 0 Å². The first-order valence-corrected chi connectivity index (χ1v) is 9.11. The van der Waals surface area contributed by atoms with E-state index in [2.05, 4.69) is 6.58 Å². The maximum Gasteiger partial charge on any atom is 0.295 e. The zero-order valence-corrected chi connectivity index (χ0v) is 16.6. The Morgan fingerprint density at radius 2 is 1.83 bits per heavy atom.